The van der Waals surface area contributed by atoms with E-state index >= 15 is 0 Å². The maximum Gasteiger partial charge on any atom is 0.255 e. The molecule has 0 aliphatic rings. The van der Waals surface area contributed by atoms with E-state index < -0.39 is 15.9 Å². The van der Waals surface area contributed by atoms with Gasteiger partial charge in [-0.15, -0.1) is 0 Å². The molecule has 0 bridgehead atoms. The summed E-state index contributed by atoms with van der Waals surface area (Å²) < 4.78 is 25.8. The first kappa shape index (κ1) is 21.6. The number of hydrogen-bond acceptors (Lipinski definition) is 5. The van der Waals surface area contributed by atoms with Gasteiger partial charge in [0.1, 0.15) is 4.90 Å². The van der Waals surface area contributed by atoms with Gasteiger partial charge in [-0.1, -0.05) is 29.8 Å². The van der Waals surface area contributed by atoms with Crippen LogP contribution in [0.15, 0.2) is 87.9 Å². The summed E-state index contributed by atoms with van der Waals surface area (Å²) in [6.07, 6.45) is 0. The van der Waals surface area contributed by atoms with Crippen LogP contribution in [0.4, 0.5) is 17.1 Å². The number of carbonyl (C=O) groups is 1. The highest BCUT2D eigenvalue weighted by Crippen LogP contribution is 2.26. The van der Waals surface area contributed by atoms with E-state index in [2.05, 4.69) is 15.5 Å². The molecule has 0 aromatic heterocycles. The Kier molecular flexibility index (Phi) is 6.61. The van der Waals surface area contributed by atoms with Gasteiger partial charge in [-0.25, -0.2) is 12.7 Å². The fraction of sp³-hybridized carbons (Fsp3) is 0.0952. The molecule has 7 nitrogen and oxygen atoms in total. The number of halogens is 1. The summed E-state index contributed by atoms with van der Waals surface area (Å²) in [6.45, 7) is 0. The molecule has 0 aliphatic heterocycles. The molecule has 0 radical (unpaired) electrons. The second-order valence-electron chi connectivity index (χ2n) is 6.47. The Morgan fingerprint density at radius 2 is 1.50 bits per heavy atom. The maximum absolute atomic E-state index is 12.6. The molecule has 30 heavy (non-hydrogen) atoms. The highest BCUT2D eigenvalue weighted by atomic mass is 35.5. The van der Waals surface area contributed by atoms with E-state index in [0.29, 0.717) is 11.4 Å². The van der Waals surface area contributed by atoms with Crippen molar-refractivity contribution in [3.63, 3.8) is 0 Å². The van der Waals surface area contributed by atoms with Crippen molar-refractivity contribution in [3.8, 4) is 0 Å². The van der Waals surface area contributed by atoms with Crippen LogP contribution in [0, 0.1) is 0 Å². The van der Waals surface area contributed by atoms with E-state index in [1.165, 1.54) is 32.3 Å². The summed E-state index contributed by atoms with van der Waals surface area (Å²) in [5.74, 6) is -0.458. The number of nitrogens with one attached hydrogen (secondary N) is 1. The molecule has 154 valence electrons. The fourth-order valence-corrected chi connectivity index (χ4v) is 3.86. The Morgan fingerprint density at radius 1 is 0.900 bits per heavy atom. The third-order valence-corrected chi connectivity index (χ3v) is 6.41. The molecular weight excluding hydrogens is 424 g/mol. The van der Waals surface area contributed by atoms with Crippen molar-refractivity contribution in [2.75, 3.05) is 19.4 Å². The van der Waals surface area contributed by atoms with Gasteiger partial charge in [0.05, 0.1) is 16.4 Å². The van der Waals surface area contributed by atoms with Gasteiger partial charge >= 0.3 is 0 Å². The van der Waals surface area contributed by atoms with Crippen LogP contribution in [0.2, 0.25) is 5.02 Å². The van der Waals surface area contributed by atoms with Crippen LogP contribution in [-0.2, 0) is 10.0 Å². The first-order valence-corrected chi connectivity index (χ1v) is 10.7. The molecule has 0 unspecified atom stereocenters. The SMILES string of the molecule is CN(C)S(=O)(=O)c1cc(C(=O)Nc2ccc(N=Nc3ccccc3)cc2)ccc1Cl. The lowest BCUT2D eigenvalue weighted by Crippen LogP contribution is -2.23. The molecule has 0 heterocycles. The van der Waals surface area contributed by atoms with Crippen molar-refractivity contribution in [1.29, 1.82) is 0 Å². The number of benzene rings is 3. The second kappa shape index (κ2) is 9.17. The predicted octanol–water partition coefficient (Wildman–Crippen LogP) is 5.26. The molecule has 3 aromatic carbocycles. The average Bonchev–Trinajstić information content (AvgIpc) is 2.74. The van der Waals surface area contributed by atoms with E-state index in [-0.39, 0.29) is 15.5 Å². The monoisotopic (exact) mass is 442 g/mol. The van der Waals surface area contributed by atoms with E-state index in [1.807, 2.05) is 30.3 Å². The van der Waals surface area contributed by atoms with Crippen LogP contribution in [0.25, 0.3) is 0 Å². The van der Waals surface area contributed by atoms with E-state index in [1.54, 1.807) is 24.3 Å². The smallest absolute Gasteiger partial charge is 0.255 e. The van der Waals surface area contributed by atoms with Crippen molar-refractivity contribution in [2.24, 2.45) is 10.2 Å². The molecule has 1 amide bonds. The summed E-state index contributed by atoms with van der Waals surface area (Å²) in [5, 5.41) is 11.1. The van der Waals surface area contributed by atoms with E-state index in [9.17, 15) is 13.2 Å². The summed E-state index contributed by atoms with van der Waals surface area (Å²) >= 11 is 6.02. The molecule has 0 saturated heterocycles. The highest BCUT2D eigenvalue weighted by Gasteiger charge is 2.22. The number of carbonyl (C=O) groups excluding carboxylic acids is 1. The molecule has 3 rings (SSSR count). The molecule has 0 fully saturated rings. The minimum Gasteiger partial charge on any atom is -0.322 e. The van der Waals surface area contributed by atoms with Crippen molar-refractivity contribution < 1.29 is 13.2 Å². The lowest BCUT2D eigenvalue weighted by Gasteiger charge is -2.14. The highest BCUT2D eigenvalue weighted by molar-refractivity contribution is 7.89. The zero-order valence-electron chi connectivity index (χ0n) is 16.3. The largest absolute Gasteiger partial charge is 0.322 e. The number of amides is 1. The van der Waals surface area contributed by atoms with Gasteiger partial charge in [0.2, 0.25) is 10.0 Å². The molecule has 0 atom stereocenters. The number of hydrogen-bond donors (Lipinski definition) is 1. The third kappa shape index (κ3) is 5.10. The Balaban J connectivity index is 1.74. The minimum atomic E-state index is -3.77. The van der Waals surface area contributed by atoms with Crippen molar-refractivity contribution in [2.45, 2.75) is 4.90 Å². The standard InChI is InChI=1S/C21H19ClN4O3S/c1-26(2)30(28,29)20-14-15(8-13-19(20)22)21(27)23-16-9-11-18(12-10-16)25-24-17-6-4-3-5-7-17/h3-14H,1-2H3,(H,23,27). The molecule has 0 saturated carbocycles. The maximum atomic E-state index is 12.6. The fourth-order valence-electron chi connectivity index (χ4n) is 2.46. The lowest BCUT2D eigenvalue weighted by molar-refractivity contribution is 0.102. The summed E-state index contributed by atoms with van der Waals surface area (Å²) in [6, 6.07) is 20.2. The quantitative estimate of drug-likeness (QED) is 0.528. The number of sulfonamides is 1. The summed E-state index contributed by atoms with van der Waals surface area (Å²) in [4.78, 5) is 12.4. The normalized spacial score (nSPS) is 11.7. The Bertz CT molecular complexity index is 1180. The van der Waals surface area contributed by atoms with Crippen molar-refractivity contribution in [3.05, 3.63) is 83.4 Å². The van der Waals surface area contributed by atoms with Crippen LogP contribution < -0.4 is 5.32 Å². The lowest BCUT2D eigenvalue weighted by atomic mass is 10.2. The molecular formula is C21H19ClN4O3S. The van der Waals surface area contributed by atoms with Gasteiger partial charge in [-0.2, -0.15) is 10.2 Å². The van der Waals surface area contributed by atoms with Crippen LogP contribution >= 0.6 is 11.6 Å². The molecule has 0 aliphatic carbocycles. The second-order valence-corrected chi connectivity index (χ2v) is 9.00. The summed E-state index contributed by atoms with van der Waals surface area (Å²) in [5.41, 5.74) is 2.07. The number of anilines is 1. The molecule has 0 spiro atoms. The van der Waals surface area contributed by atoms with Gasteiger partial charge in [0.15, 0.2) is 0 Å². The molecule has 1 N–H and O–H groups in total. The zero-order chi connectivity index (χ0) is 21.7. The van der Waals surface area contributed by atoms with Gasteiger partial charge in [0.25, 0.3) is 5.91 Å². The first-order valence-electron chi connectivity index (χ1n) is 8.87. The molecule has 3 aromatic rings. The van der Waals surface area contributed by atoms with E-state index in [4.69, 9.17) is 11.6 Å². The molecule has 9 heteroatoms. The average molecular weight is 443 g/mol. The summed E-state index contributed by atoms with van der Waals surface area (Å²) in [7, 11) is -0.977. The Morgan fingerprint density at radius 3 is 2.10 bits per heavy atom. The Labute approximate surface area is 180 Å². The van der Waals surface area contributed by atoms with Gasteiger partial charge in [-0.3, -0.25) is 4.79 Å². The van der Waals surface area contributed by atoms with Crippen LogP contribution in [0.5, 0.6) is 0 Å². The Hall–Kier alpha value is -3.07. The predicted molar refractivity (Wildman–Crippen MR) is 117 cm³/mol. The van der Waals surface area contributed by atoms with Crippen LogP contribution in [-0.4, -0.2) is 32.7 Å². The van der Waals surface area contributed by atoms with Crippen LogP contribution in [0.3, 0.4) is 0 Å². The number of nitrogens with zero attached hydrogens (tertiary/aromatic N) is 3. The van der Waals surface area contributed by atoms with Crippen molar-refractivity contribution in [1.82, 2.24) is 4.31 Å². The van der Waals surface area contributed by atoms with E-state index in [0.717, 1.165) is 9.99 Å². The minimum absolute atomic E-state index is 0.0494. The topological polar surface area (TPSA) is 91.2 Å². The number of rotatable bonds is 6. The van der Waals surface area contributed by atoms with Gasteiger partial charge in [0, 0.05) is 25.3 Å². The van der Waals surface area contributed by atoms with Gasteiger partial charge in [-0.05, 0) is 54.6 Å². The first-order chi connectivity index (χ1) is 14.3. The van der Waals surface area contributed by atoms with Crippen molar-refractivity contribution >= 4 is 44.6 Å². The van der Waals surface area contributed by atoms with Crippen LogP contribution in [0.1, 0.15) is 10.4 Å². The third-order valence-electron chi connectivity index (χ3n) is 4.11. The van der Waals surface area contributed by atoms with Gasteiger partial charge < -0.3 is 5.32 Å². The zero-order valence-corrected chi connectivity index (χ0v) is 17.9. The number of azo groups is 1.